The lowest BCUT2D eigenvalue weighted by Crippen LogP contribution is -2.07. The second-order valence-corrected chi connectivity index (χ2v) is 4.84. The molecule has 1 heterocycles. The molecule has 5 heteroatoms. The molecular formula is C18H15NO4. The van der Waals surface area contributed by atoms with E-state index >= 15 is 0 Å². The Hall–Kier alpha value is -3.21. The molecule has 2 N–H and O–H groups in total. The van der Waals surface area contributed by atoms with Crippen molar-refractivity contribution in [3.05, 3.63) is 66.3 Å². The van der Waals surface area contributed by atoms with Crippen LogP contribution in [0.25, 0.3) is 6.08 Å². The average molecular weight is 309 g/mol. The quantitative estimate of drug-likeness (QED) is 0.516. The van der Waals surface area contributed by atoms with E-state index in [1.807, 2.05) is 24.3 Å². The maximum Gasteiger partial charge on any atom is 0.248 e. The molecule has 1 aliphatic rings. The van der Waals surface area contributed by atoms with Gasteiger partial charge in [-0.25, -0.2) is 0 Å². The van der Waals surface area contributed by atoms with E-state index in [2.05, 4.69) is 5.32 Å². The predicted molar refractivity (Wildman–Crippen MR) is 87.5 cm³/mol. The van der Waals surface area contributed by atoms with Crippen LogP contribution in [0.15, 0.2) is 60.7 Å². The Labute approximate surface area is 133 Å². The number of para-hydroxylation sites is 2. The number of carbonyl (C=O) groups is 1. The molecule has 23 heavy (non-hydrogen) atoms. The fraction of sp³-hybridized carbons (Fsp3) is 0.0556. The van der Waals surface area contributed by atoms with Crippen molar-refractivity contribution in [2.45, 2.75) is 0 Å². The van der Waals surface area contributed by atoms with E-state index in [1.165, 1.54) is 12.1 Å². The van der Waals surface area contributed by atoms with Crippen molar-refractivity contribution in [3.8, 4) is 17.2 Å². The molecule has 2 aromatic rings. The maximum absolute atomic E-state index is 11.7. The number of aromatic hydroxyl groups is 1. The van der Waals surface area contributed by atoms with Crippen LogP contribution in [-0.2, 0) is 4.79 Å². The number of fused-ring (bicyclic) bond motifs is 1. The number of anilines is 1. The highest BCUT2D eigenvalue weighted by Crippen LogP contribution is 2.32. The summed E-state index contributed by atoms with van der Waals surface area (Å²) >= 11 is 0. The van der Waals surface area contributed by atoms with Crippen molar-refractivity contribution in [1.29, 1.82) is 0 Å². The molecule has 1 amide bonds. The van der Waals surface area contributed by atoms with Gasteiger partial charge in [0.2, 0.25) is 12.7 Å². The van der Waals surface area contributed by atoms with Crippen molar-refractivity contribution in [2.75, 3.05) is 12.1 Å². The zero-order valence-electron chi connectivity index (χ0n) is 12.2. The number of benzene rings is 2. The van der Waals surface area contributed by atoms with Crippen molar-refractivity contribution in [3.63, 3.8) is 0 Å². The summed E-state index contributed by atoms with van der Waals surface area (Å²) < 4.78 is 10.5. The summed E-state index contributed by atoms with van der Waals surface area (Å²) in [5.41, 5.74) is 1.32. The third-order valence-corrected chi connectivity index (χ3v) is 3.21. The summed E-state index contributed by atoms with van der Waals surface area (Å²) in [6, 6.07) is 12.2. The van der Waals surface area contributed by atoms with Crippen molar-refractivity contribution in [1.82, 2.24) is 0 Å². The van der Waals surface area contributed by atoms with Crippen LogP contribution in [-0.4, -0.2) is 17.8 Å². The number of rotatable bonds is 4. The van der Waals surface area contributed by atoms with Crippen molar-refractivity contribution in [2.24, 2.45) is 0 Å². The van der Waals surface area contributed by atoms with Gasteiger partial charge in [0, 0.05) is 6.08 Å². The Morgan fingerprint density at radius 3 is 2.78 bits per heavy atom. The summed E-state index contributed by atoms with van der Waals surface area (Å²) in [6.45, 7) is 0.245. The van der Waals surface area contributed by atoms with Gasteiger partial charge in [0.15, 0.2) is 11.5 Å². The summed E-state index contributed by atoms with van der Waals surface area (Å²) in [4.78, 5) is 11.7. The molecule has 0 bridgehead atoms. The number of nitrogens with one attached hydrogen (secondary N) is 1. The lowest BCUT2D eigenvalue weighted by atomic mass is 10.2. The first-order valence-corrected chi connectivity index (χ1v) is 7.06. The van der Waals surface area contributed by atoms with E-state index < -0.39 is 0 Å². The normalized spacial score (nSPS) is 12.9. The summed E-state index contributed by atoms with van der Waals surface area (Å²) in [5.74, 6) is 1.17. The number of phenolic OH excluding ortho intramolecular Hbond substituents is 1. The Morgan fingerprint density at radius 2 is 1.91 bits per heavy atom. The molecule has 0 radical (unpaired) electrons. The van der Waals surface area contributed by atoms with E-state index in [-0.39, 0.29) is 18.4 Å². The lowest BCUT2D eigenvalue weighted by Gasteiger charge is -2.03. The van der Waals surface area contributed by atoms with Crippen LogP contribution >= 0.6 is 0 Å². The number of hydrogen-bond donors (Lipinski definition) is 2. The van der Waals surface area contributed by atoms with Gasteiger partial charge in [0.25, 0.3) is 0 Å². The molecule has 0 saturated carbocycles. The monoisotopic (exact) mass is 309 g/mol. The van der Waals surface area contributed by atoms with Crippen LogP contribution in [0.3, 0.4) is 0 Å². The first-order valence-electron chi connectivity index (χ1n) is 7.06. The van der Waals surface area contributed by atoms with Gasteiger partial charge in [-0.05, 0) is 29.8 Å². The molecule has 0 spiro atoms. The van der Waals surface area contributed by atoms with E-state index in [1.54, 1.807) is 30.4 Å². The number of amides is 1. The van der Waals surface area contributed by atoms with E-state index in [9.17, 15) is 9.90 Å². The molecular weight excluding hydrogens is 294 g/mol. The molecule has 0 saturated heterocycles. The van der Waals surface area contributed by atoms with Gasteiger partial charge in [-0.3, -0.25) is 4.79 Å². The van der Waals surface area contributed by atoms with E-state index in [4.69, 9.17) is 9.47 Å². The first-order chi connectivity index (χ1) is 11.2. The number of ether oxygens (including phenoxy) is 2. The fourth-order valence-corrected chi connectivity index (χ4v) is 2.08. The highest BCUT2D eigenvalue weighted by molar-refractivity contribution is 6.00. The Bertz CT molecular complexity index is 780. The molecule has 0 aliphatic carbocycles. The largest absolute Gasteiger partial charge is 0.506 e. The minimum Gasteiger partial charge on any atom is -0.506 e. The van der Waals surface area contributed by atoms with Crippen LogP contribution in [0.5, 0.6) is 17.2 Å². The van der Waals surface area contributed by atoms with Crippen LogP contribution in [0.1, 0.15) is 5.56 Å². The topological polar surface area (TPSA) is 67.8 Å². The third kappa shape index (κ3) is 3.71. The lowest BCUT2D eigenvalue weighted by molar-refractivity contribution is -0.111. The smallest absolute Gasteiger partial charge is 0.248 e. The number of hydrogen-bond acceptors (Lipinski definition) is 4. The molecule has 1 aliphatic heterocycles. The Balaban J connectivity index is 1.58. The average Bonchev–Trinajstić information content (AvgIpc) is 3.01. The van der Waals surface area contributed by atoms with Gasteiger partial charge in [-0.15, -0.1) is 0 Å². The Kier molecular flexibility index (Phi) is 4.29. The second-order valence-electron chi connectivity index (χ2n) is 4.84. The molecule has 3 rings (SSSR count). The fourth-order valence-electron chi connectivity index (χ4n) is 2.08. The molecule has 2 aromatic carbocycles. The molecule has 5 nitrogen and oxygen atoms in total. The standard InChI is InChI=1S/C18H15NO4/c20-15-7-3-2-6-14(15)19-18(21)8-4-1-5-13-9-10-16-17(11-13)23-12-22-16/h1-11,20H,12H2,(H,19,21). The van der Waals surface area contributed by atoms with Gasteiger partial charge >= 0.3 is 0 Å². The number of phenols is 1. The number of carbonyl (C=O) groups excluding carboxylic acids is 1. The minimum absolute atomic E-state index is 0.0325. The van der Waals surface area contributed by atoms with Gasteiger partial charge in [-0.1, -0.05) is 36.4 Å². The molecule has 0 fully saturated rings. The number of allylic oxidation sites excluding steroid dienone is 2. The summed E-state index contributed by atoms with van der Waals surface area (Å²) in [6.07, 6.45) is 6.61. The van der Waals surface area contributed by atoms with Gasteiger partial charge < -0.3 is 19.9 Å². The predicted octanol–water partition coefficient (Wildman–Crippen LogP) is 3.33. The van der Waals surface area contributed by atoms with Crippen LogP contribution < -0.4 is 14.8 Å². The highest BCUT2D eigenvalue weighted by Gasteiger charge is 2.11. The maximum atomic E-state index is 11.7. The Morgan fingerprint density at radius 1 is 1.09 bits per heavy atom. The summed E-state index contributed by atoms with van der Waals surface area (Å²) in [7, 11) is 0. The first kappa shape index (κ1) is 14.7. The molecule has 0 atom stereocenters. The van der Waals surface area contributed by atoms with Crippen LogP contribution in [0.4, 0.5) is 5.69 Å². The molecule has 116 valence electrons. The summed E-state index contributed by atoms with van der Waals surface area (Å²) in [5, 5.41) is 12.2. The van der Waals surface area contributed by atoms with Crippen LogP contribution in [0.2, 0.25) is 0 Å². The molecule has 0 aromatic heterocycles. The zero-order chi connectivity index (χ0) is 16.1. The molecule has 0 unspecified atom stereocenters. The zero-order valence-corrected chi connectivity index (χ0v) is 12.2. The van der Waals surface area contributed by atoms with E-state index in [0.29, 0.717) is 11.4 Å². The van der Waals surface area contributed by atoms with Gasteiger partial charge in [0.05, 0.1) is 5.69 Å². The second kappa shape index (κ2) is 6.70. The van der Waals surface area contributed by atoms with Crippen LogP contribution in [0, 0.1) is 0 Å². The minimum atomic E-state index is -0.318. The van der Waals surface area contributed by atoms with E-state index in [0.717, 1.165) is 11.3 Å². The SMILES string of the molecule is O=C(C=CC=Cc1ccc2c(c1)OCO2)Nc1ccccc1O. The van der Waals surface area contributed by atoms with Crippen molar-refractivity contribution < 1.29 is 19.4 Å². The van der Waals surface area contributed by atoms with Gasteiger partial charge in [0.1, 0.15) is 5.75 Å². The van der Waals surface area contributed by atoms with Gasteiger partial charge in [-0.2, -0.15) is 0 Å². The highest BCUT2D eigenvalue weighted by atomic mass is 16.7. The third-order valence-electron chi connectivity index (χ3n) is 3.21. The van der Waals surface area contributed by atoms with Crippen molar-refractivity contribution >= 4 is 17.7 Å².